The lowest BCUT2D eigenvalue weighted by Gasteiger charge is -2.14. The summed E-state index contributed by atoms with van der Waals surface area (Å²) in [5, 5.41) is 14.9. The molecule has 1 aromatic carbocycles. The highest BCUT2D eigenvalue weighted by molar-refractivity contribution is 6.04. The van der Waals surface area contributed by atoms with Crippen LogP contribution < -0.4 is 10.1 Å². The van der Waals surface area contributed by atoms with Gasteiger partial charge >= 0.3 is 0 Å². The lowest BCUT2D eigenvalue weighted by atomic mass is 10.1. The largest absolute Gasteiger partial charge is 0.488 e. The molecule has 0 bridgehead atoms. The van der Waals surface area contributed by atoms with E-state index in [0.29, 0.717) is 35.5 Å². The molecular formula is C22H20N8O2. The molecule has 4 aromatic rings. The molecule has 0 radical (unpaired) electrons. The molecule has 3 aromatic heterocycles. The molecule has 2 aliphatic rings. The molecule has 1 atom stereocenters. The SMILES string of the molecule is C[C@@H]1COc2c(NC(=O)c3cc(-n4cnc(C5CC5)c4)ccn3)cccc2-c2nnnn21. The van der Waals surface area contributed by atoms with E-state index in [1.807, 2.05) is 35.9 Å². The average Bonchev–Trinajstić information content (AvgIpc) is 3.37. The molecule has 1 saturated carbocycles. The number of rotatable bonds is 4. The summed E-state index contributed by atoms with van der Waals surface area (Å²) in [6.45, 7) is 2.36. The number of carbonyl (C=O) groups is 1. The van der Waals surface area contributed by atoms with Crippen molar-refractivity contribution in [3.63, 3.8) is 0 Å². The zero-order valence-corrected chi connectivity index (χ0v) is 17.3. The summed E-state index contributed by atoms with van der Waals surface area (Å²) in [7, 11) is 0. The van der Waals surface area contributed by atoms with Crippen molar-refractivity contribution in [1.82, 2.24) is 34.7 Å². The Morgan fingerprint density at radius 2 is 2.12 bits per heavy atom. The fraction of sp³-hybridized carbons (Fsp3) is 0.273. The summed E-state index contributed by atoms with van der Waals surface area (Å²) in [6, 6.07) is 9.07. The summed E-state index contributed by atoms with van der Waals surface area (Å²) in [4.78, 5) is 21.8. The molecule has 1 amide bonds. The number of carbonyl (C=O) groups excluding carboxylic acids is 1. The average molecular weight is 428 g/mol. The van der Waals surface area contributed by atoms with Crippen LogP contribution in [0.2, 0.25) is 0 Å². The number of pyridine rings is 1. The monoisotopic (exact) mass is 428 g/mol. The van der Waals surface area contributed by atoms with Crippen LogP contribution in [0.1, 0.15) is 47.9 Å². The van der Waals surface area contributed by atoms with E-state index in [1.54, 1.807) is 29.3 Å². The van der Waals surface area contributed by atoms with E-state index in [4.69, 9.17) is 4.74 Å². The number of fused-ring (bicyclic) bond motifs is 3. The molecule has 10 heteroatoms. The minimum Gasteiger partial charge on any atom is -0.488 e. The molecule has 0 spiro atoms. The van der Waals surface area contributed by atoms with E-state index in [9.17, 15) is 4.79 Å². The Labute approximate surface area is 183 Å². The molecule has 0 saturated heterocycles. The van der Waals surface area contributed by atoms with Gasteiger partial charge in [-0.25, -0.2) is 9.67 Å². The minimum atomic E-state index is -0.330. The third-order valence-electron chi connectivity index (χ3n) is 5.76. The van der Waals surface area contributed by atoms with Crippen molar-refractivity contribution in [2.24, 2.45) is 0 Å². The van der Waals surface area contributed by atoms with Gasteiger partial charge in [-0.05, 0) is 54.5 Å². The fourth-order valence-corrected chi connectivity index (χ4v) is 3.87. The molecule has 1 N–H and O–H groups in total. The Hall–Kier alpha value is -4.08. The second-order valence-corrected chi connectivity index (χ2v) is 8.12. The summed E-state index contributed by atoms with van der Waals surface area (Å²) >= 11 is 0. The maximum absolute atomic E-state index is 13.1. The van der Waals surface area contributed by atoms with Gasteiger partial charge in [0.2, 0.25) is 0 Å². The molecule has 1 fully saturated rings. The molecular weight excluding hydrogens is 408 g/mol. The number of hydrogen-bond donors (Lipinski definition) is 1. The van der Waals surface area contributed by atoms with Crippen LogP contribution in [0.3, 0.4) is 0 Å². The lowest BCUT2D eigenvalue weighted by Crippen LogP contribution is -2.16. The summed E-state index contributed by atoms with van der Waals surface area (Å²) in [6.07, 6.45) is 7.80. The van der Waals surface area contributed by atoms with Gasteiger partial charge < -0.3 is 14.6 Å². The minimum absolute atomic E-state index is 0.0370. The second kappa shape index (κ2) is 7.26. The Bertz CT molecular complexity index is 1320. The summed E-state index contributed by atoms with van der Waals surface area (Å²) in [5.41, 5.74) is 3.50. The molecule has 32 heavy (non-hydrogen) atoms. The molecule has 1 aliphatic heterocycles. The highest BCUT2D eigenvalue weighted by atomic mass is 16.5. The van der Waals surface area contributed by atoms with Gasteiger partial charge in [-0.1, -0.05) is 6.07 Å². The number of benzene rings is 1. The number of aromatic nitrogens is 7. The summed E-state index contributed by atoms with van der Waals surface area (Å²) < 4.78 is 9.66. The van der Waals surface area contributed by atoms with Crippen molar-refractivity contribution in [1.29, 1.82) is 0 Å². The Morgan fingerprint density at radius 1 is 1.22 bits per heavy atom. The number of anilines is 1. The number of nitrogens with one attached hydrogen (secondary N) is 1. The number of imidazole rings is 1. The first kappa shape index (κ1) is 18.7. The topological polar surface area (TPSA) is 113 Å². The Kier molecular flexibility index (Phi) is 4.23. The Morgan fingerprint density at radius 3 is 3.00 bits per heavy atom. The zero-order chi connectivity index (χ0) is 21.7. The van der Waals surface area contributed by atoms with E-state index < -0.39 is 0 Å². The molecule has 6 rings (SSSR count). The fourth-order valence-electron chi connectivity index (χ4n) is 3.87. The van der Waals surface area contributed by atoms with Crippen LogP contribution in [0.5, 0.6) is 5.75 Å². The van der Waals surface area contributed by atoms with E-state index >= 15 is 0 Å². The molecule has 1 aliphatic carbocycles. The van der Waals surface area contributed by atoms with Crippen molar-refractivity contribution in [3.8, 4) is 22.8 Å². The van der Waals surface area contributed by atoms with Crippen LogP contribution in [0.4, 0.5) is 5.69 Å². The number of hydrogen-bond acceptors (Lipinski definition) is 7. The zero-order valence-electron chi connectivity index (χ0n) is 17.3. The predicted octanol–water partition coefficient (Wildman–Crippen LogP) is 3.00. The van der Waals surface area contributed by atoms with Crippen molar-refractivity contribution in [3.05, 3.63) is 60.4 Å². The number of tetrazole rings is 1. The van der Waals surface area contributed by atoms with Crippen LogP contribution in [0.25, 0.3) is 17.1 Å². The molecule has 4 heterocycles. The van der Waals surface area contributed by atoms with E-state index in [2.05, 4.69) is 30.8 Å². The van der Waals surface area contributed by atoms with Crippen LogP contribution in [0.15, 0.2) is 49.1 Å². The second-order valence-electron chi connectivity index (χ2n) is 8.12. The maximum Gasteiger partial charge on any atom is 0.274 e. The highest BCUT2D eigenvalue weighted by Crippen LogP contribution is 2.40. The van der Waals surface area contributed by atoms with Gasteiger partial charge in [-0.15, -0.1) is 5.10 Å². The van der Waals surface area contributed by atoms with Crippen molar-refractivity contribution >= 4 is 11.6 Å². The molecule has 0 unspecified atom stereocenters. The van der Waals surface area contributed by atoms with Gasteiger partial charge in [-0.3, -0.25) is 9.78 Å². The van der Waals surface area contributed by atoms with Crippen molar-refractivity contribution in [2.75, 3.05) is 11.9 Å². The Balaban J connectivity index is 1.29. The predicted molar refractivity (Wildman–Crippen MR) is 115 cm³/mol. The number of ether oxygens (including phenoxy) is 1. The first-order valence-electron chi connectivity index (χ1n) is 10.5. The smallest absolute Gasteiger partial charge is 0.274 e. The van der Waals surface area contributed by atoms with Gasteiger partial charge in [0.15, 0.2) is 11.6 Å². The lowest BCUT2D eigenvalue weighted by molar-refractivity contribution is 0.102. The van der Waals surface area contributed by atoms with Crippen LogP contribution in [-0.4, -0.2) is 47.3 Å². The maximum atomic E-state index is 13.1. The first-order chi connectivity index (χ1) is 15.7. The van der Waals surface area contributed by atoms with Crippen molar-refractivity contribution in [2.45, 2.75) is 31.7 Å². The van der Waals surface area contributed by atoms with Crippen LogP contribution in [0, 0.1) is 0 Å². The quantitative estimate of drug-likeness (QED) is 0.532. The normalized spacial score (nSPS) is 17.1. The highest BCUT2D eigenvalue weighted by Gasteiger charge is 2.27. The van der Waals surface area contributed by atoms with E-state index in [0.717, 1.165) is 16.9 Å². The van der Waals surface area contributed by atoms with Crippen LogP contribution >= 0.6 is 0 Å². The van der Waals surface area contributed by atoms with Gasteiger partial charge in [0.1, 0.15) is 12.3 Å². The third-order valence-corrected chi connectivity index (χ3v) is 5.76. The third kappa shape index (κ3) is 3.20. The van der Waals surface area contributed by atoms with Gasteiger partial charge in [0.25, 0.3) is 5.91 Å². The number of para-hydroxylation sites is 1. The number of amides is 1. The molecule has 10 nitrogen and oxygen atoms in total. The summed E-state index contributed by atoms with van der Waals surface area (Å²) in [5.74, 6) is 1.38. The first-order valence-corrected chi connectivity index (χ1v) is 10.5. The standard InChI is InChI=1S/C22H20N8O2/c1-13-11-32-20-16(21-26-27-28-30(13)21)3-2-4-17(20)25-22(31)18-9-15(7-8-23-18)29-10-19(24-12-29)14-5-6-14/h2-4,7-10,12-14H,5-6,11H2,1H3,(H,25,31)/t13-/m1/s1. The van der Waals surface area contributed by atoms with Crippen LogP contribution in [-0.2, 0) is 0 Å². The molecule has 160 valence electrons. The van der Waals surface area contributed by atoms with E-state index in [1.165, 1.54) is 12.8 Å². The number of nitrogens with zero attached hydrogens (tertiary/aromatic N) is 7. The van der Waals surface area contributed by atoms with Gasteiger partial charge in [0.05, 0.1) is 35.0 Å². The van der Waals surface area contributed by atoms with Crippen molar-refractivity contribution < 1.29 is 9.53 Å². The van der Waals surface area contributed by atoms with E-state index in [-0.39, 0.29) is 11.9 Å². The van der Waals surface area contributed by atoms with Gasteiger partial charge in [-0.2, -0.15) is 0 Å². The van der Waals surface area contributed by atoms with Gasteiger partial charge in [0, 0.05) is 18.3 Å².